The predicted octanol–water partition coefficient (Wildman–Crippen LogP) is 2.75. The number of Topliss-reactive ketones (excluding diaryl/α,β-unsaturated/α-hetero) is 1. The van der Waals surface area contributed by atoms with E-state index in [1.165, 1.54) is 4.31 Å². The monoisotopic (exact) mass is 397 g/mol. The van der Waals surface area contributed by atoms with Gasteiger partial charge in [-0.25, -0.2) is 8.42 Å². The maximum Gasteiger partial charge on any atom is 0.243 e. The SMILES string of the molecule is C[C@@H](C(=O)c1c[nH]c2ccccc12)N1CCN(S(=O)(=O)c2ccccc2)CC1. The number of carbonyl (C=O) groups excluding carboxylic acids is 1. The second kappa shape index (κ2) is 7.50. The molecule has 3 aromatic rings. The number of rotatable bonds is 5. The molecule has 1 aliphatic heterocycles. The summed E-state index contributed by atoms with van der Waals surface area (Å²) < 4.78 is 27.0. The van der Waals surface area contributed by atoms with Crippen LogP contribution in [0, 0.1) is 0 Å². The summed E-state index contributed by atoms with van der Waals surface area (Å²) in [6, 6.07) is 15.9. The van der Waals surface area contributed by atoms with Crippen molar-refractivity contribution in [3.63, 3.8) is 0 Å². The van der Waals surface area contributed by atoms with E-state index in [0.717, 1.165) is 10.9 Å². The maximum absolute atomic E-state index is 13.0. The summed E-state index contributed by atoms with van der Waals surface area (Å²) in [4.78, 5) is 18.5. The molecule has 2 aromatic carbocycles. The first-order valence-electron chi connectivity index (χ1n) is 9.38. The molecular weight excluding hydrogens is 374 g/mol. The van der Waals surface area contributed by atoms with E-state index in [1.807, 2.05) is 31.2 Å². The van der Waals surface area contributed by atoms with Gasteiger partial charge in [-0.2, -0.15) is 4.31 Å². The van der Waals surface area contributed by atoms with Gasteiger partial charge < -0.3 is 4.98 Å². The molecule has 1 N–H and O–H groups in total. The van der Waals surface area contributed by atoms with Crippen molar-refractivity contribution in [3.05, 3.63) is 66.4 Å². The summed E-state index contributed by atoms with van der Waals surface area (Å²) in [7, 11) is -3.49. The number of carbonyl (C=O) groups is 1. The van der Waals surface area contributed by atoms with Gasteiger partial charge in [-0.3, -0.25) is 9.69 Å². The fraction of sp³-hybridized carbons (Fsp3) is 0.286. The van der Waals surface area contributed by atoms with Crippen LogP contribution >= 0.6 is 0 Å². The molecule has 28 heavy (non-hydrogen) atoms. The van der Waals surface area contributed by atoms with E-state index in [9.17, 15) is 13.2 Å². The zero-order chi connectivity index (χ0) is 19.7. The van der Waals surface area contributed by atoms with Crippen LogP contribution in [0.1, 0.15) is 17.3 Å². The number of fused-ring (bicyclic) bond motifs is 1. The molecule has 0 unspecified atom stereocenters. The summed E-state index contributed by atoms with van der Waals surface area (Å²) in [5.41, 5.74) is 1.62. The largest absolute Gasteiger partial charge is 0.360 e. The second-order valence-electron chi connectivity index (χ2n) is 7.04. The number of hydrogen-bond donors (Lipinski definition) is 1. The third-order valence-corrected chi connectivity index (χ3v) is 7.35. The highest BCUT2D eigenvalue weighted by molar-refractivity contribution is 7.89. The van der Waals surface area contributed by atoms with Gasteiger partial charge in [0.15, 0.2) is 5.78 Å². The molecule has 6 nitrogen and oxygen atoms in total. The Hall–Kier alpha value is -2.48. The summed E-state index contributed by atoms with van der Waals surface area (Å²) in [5, 5.41) is 0.921. The topological polar surface area (TPSA) is 73.5 Å². The average molecular weight is 398 g/mol. The molecule has 4 rings (SSSR count). The summed E-state index contributed by atoms with van der Waals surface area (Å²) >= 11 is 0. The van der Waals surface area contributed by atoms with Gasteiger partial charge in [0.2, 0.25) is 10.0 Å². The highest BCUT2D eigenvalue weighted by Crippen LogP contribution is 2.22. The molecule has 1 aromatic heterocycles. The standard InChI is InChI=1S/C21H23N3O3S/c1-16(21(25)19-15-22-20-10-6-5-9-18(19)20)23-11-13-24(14-12-23)28(26,27)17-7-3-2-4-8-17/h2-10,15-16,22H,11-14H2,1H3/t16-/m0/s1. The molecule has 0 spiro atoms. The lowest BCUT2D eigenvalue weighted by Gasteiger charge is -2.36. The fourth-order valence-electron chi connectivity index (χ4n) is 3.74. The Balaban J connectivity index is 1.45. The van der Waals surface area contributed by atoms with Gasteiger partial charge in [-0.15, -0.1) is 0 Å². The number of para-hydroxylation sites is 1. The van der Waals surface area contributed by atoms with Crippen molar-refractivity contribution in [3.8, 4) is 0 Å². The zero-order valence-corrected chi connectivity index (χ0v) is 16.5. The normalized spacial score (nSPS) is 17.6. The first-order valence-corrected chi connectivity index (χ1v) is 10.8. The molecule has 1 fully saturated rings. The number of sulfonamides is 1. The molecule has 7 heteroatoms. The van der Waals surface area contributed by atoms with Crippen LogP contribution in [0.5, 0.6) is 0 Å². The van der Waals surface area contributed by atoms with Gasteiger partial charge >= 0.3 is 0 Å². The number of benzene rings is 2. The predicted molar refractivity (Wildman–Crippen MR) is 109 cm³/mol. The Morgan fingerprint density at radius 2 is 1.61 bits per heavy atom. The lowest BCUT2D eigenvalue weighted by Crippen LogP contribution is -2.53. The van der Waals surface area contributed by atoms with Crippen LogP contribution < -0.4 is 0 Å². The molecule has 0 amide bonds. The number of hydrogen-bond acceptors (Lipinski definition) is 4. The minimum Gasteiger partial charge on any atom is -0.360 e. The van der Waals surface area contributed by atoms with E-state index in [4.69, 9.17) is 0 Å². The minimum absolute atomic E-state index is 0.0526. The average Bonchev–Trinajstić information content (AvgIpc) is 3.17. The van der Waals surface area contributed by atoms with E-state index in [1.54, 1.807) is 36.5 Å². The first kappa shape index (κ1) is 18.9. The highest BCUT2D eigenvalue weighted by Gasteiger charge is 2.32. The molecule has 0 radical (unpaired) electrons. The number of ketones is 1. The number of H-pyrrole nitrogens is 1. The summed E-state index contributed by atoms with van der Waals surface area (Å²) in [6.07, 6.45) is 1.76. The fourth-order valence-corrected chi connectivity index (χ4v) is 5.18. The molecule has 0 aliphatic carbocycles. The minimum atomic E-state index is -3.49. The number of nitrogens with zero attached hydrogens (tertiary/aromatic N) is 2. The molecule has 1 saturated heterocycles. The van der Waals surface area contributed by atoms with Crippen LogP contribution in [0.3, 0.4) is 0 Å². The second-order valence-corrected chi connectivity index (χ2v) is 8.98. The van der Waals surface area contributed by atoms with Crippen molar-refractivity contribution in [2.75, 3.05) is 26.2 Å². The van der Waals surface area contributed by atoms with E-state index in [-0.39, 0.29) is 11.8 Å². The van der Waals surface area contributed by atoms with Gasteiger partial charge in [0.05, 0.1) is 10.9 Å². The zero-order valence-electron chi connectivity index (χ0n) is 15.7. The van der Waals surface area contributed by atoms with E-state index in [2.05, 4.69) is 9.88 Å². The van der Waals surface area contributed by atoms with Crippen molar-refractivity contribution in [2.45, 2.75) is 17.9 Å². The summed E-state index contributed by atoms with van der Waals surface area (Å²) in [5.74, 6) is 0.0526. The molecule has 2 heterocycles. The van der Waals surface area contributed by atoms with Gasteiger partial charge in [-0.1, -0.05) is 36.4 Å². The Bertz CT molecular complexity index is 1080. The van der Waals surface area contributed by atoms with E-state index >= 15 is 0 Å². The molecule has 146 valence electrons. The Kier molecular flexibility index (Phi) is 5.05. The van der Waals surface area contributed by atoms with Crippen molar-refractivity contribution in [1.29, 1.82) is 0 Å². The van der Waals surface area contributed by atoms with Gasteiger partial charge in [-0.05, 0) is 25.1 Å². The van der Waals surface area contributed by atoms with Crippen LogP contribution in [0.4, 0.5) is 0 Å². The number of aromatic nitrogens is 1. The van der Waals surface area contributed by atoms with Gasteiger partial charge in [0, 0.05) is 48.8 Å². The van der Waals surface area contributed by atoms with Crippen LogP contribution in [0.2, 0.25) is 0 Å². The van der Waals surface area contributed by atoms with E-state index in [0.29, 0.717) is 36.6 Å². The number of aromatic amines is 1. The van der Waals surface area contributed by atoms with Crippen molar-refractivity contribution in [1.82, 2.24) is 14.2 Å². The molecule has 0 saturated carbocycles. The first-order chi connectivity index (χ1) is 13.5. The maximum atomic E-state index is 13.0. The van der Waals surface area contributed by atoms with Gasteiger partial charge in [0.1, 0.15) is 0 Å². The smallest absolute Gasteiger partial charge is 0.243 e. The number of piperazine rings is 1. The molecule has 1 aliphatic rings. The van der Waals surface area contributed by atoms with Crippen molar-refractivity contribution in [2.24, 2.45) is 0 Å². The van der Waals surface area contributed by atoms with Crippen LogP contribution in [-0.4, -0.2) is 60.6 Å². The number of nitrogens with one attached hydrogen (secondary N) is 1. The lowest BCUT2D eigenvalue weighted by atomic mass is 10.0. The van der Waals surface area contributed by atoms with Crippen LogP contribution in [0.15, 0.2) is 65.7 Å². The Morgan fingerprint density at radius 1 is 0.964 bits per heavy atom. The van der Waals surface area contributed by atoms with Gasteiger partial charge in [0.25, 0.3) is 0 Å². The molecule has 1 atom stereocenters. The highest BCUT2D eigenvalue weighted by atomic mass is 32.2. The Labute approximate surface area is 164 Å². The summed E-state index contributed by atoms with van der Waals surface area (Å²) in [6.45, 7) is 3.71. The Morgan fingerprint density at radius 3 is 2.32 bits per heavy atom. The van der Waals surface area contributed by atoms with E-state index < -0.39 is 10.0 Å². The third kappa shape index (κ3) is 3.37. The third-order valence-electron chi connectivity index (χ3n) is 5.44. The van der Waals surface area contributed by atoms with Crippen LogP contribution in [0.25, 0.3) is 10.9 Å². The van der Waals surface area contributed by atoms with Crippen molar-refractivity contribution >= 4 is 26.7 Å². The quantitative estimate of drug-likeness (QED) is 0.672. The van der Waals surface area contributed by atoms with Crippen molar-refractivity contribution < 1.29 is 13.2 Å². The molecular formula is C21H23N3O3S. The lowest BCUT2D eigenvalue weighted by molar-refractivity contribution is 0.0784. The molecule has 0 bridgehead atoms. The van der Waals surface area contributed by atoms with Crippen LogP contribution in [-0.2, 0) is 10.0 Å².